The summed E-state index contributed by atoms with van der Waals surface area (Å²) >= 11 is 3.40. The minimum Gasteiger partial charge on any atom is -0.485 e. The summed E-state index contributed by atoms with van der Waals surface area (Å²) < 4.78 is 40.6. The highest BCUT2D eigenvalue weighted by Crippen LogP contribution is 2.35. The van der Waals surface area contributed by atoms with Gasteiger partial charge in [0.2, 0.25) is 6.10 Å². The fraction of sp³-hybridized carbons (Fsp3) is 0.381. The number of nitrogens with one attached hydrogen (secondary N) is 1. The van der Waals surface area contributed by atoms with Crippen molar-refractivity contribution in [2.75, 3.05) is 24.4 Å². The zero-order valence-electron chi connectivity index (χ0n) is 16.6. The van der Waals surface area contributed by atoms with E-state index in [2.05, 4.69) is 20.7 Å². The Hall–Kier alpha value is -2.26. The number of carbonyl (C=O) groups excluding carboxylic acids is 1. The van der Waals surface area contributed by atoms with Crippen LogP contribution in [0.1, 0.15) is 24.8 Å². The second kappa shape index (κ2) is 8.47. The van der Waals surface area contributed by atoms with Gasteiger partial charge in [0, 0.05) is 29.3 Å². The van der Waals surface area contributed by atoms with Crippen LogP contribution in [0.3, 0.4) is 0 Å². The van der Waals surface area contributed by atoms with Crippen molar-refractivity contribution in [3.63, 3.8) is 0 Å². The lowest BCUT2D eigenvalue weighted by atomic mass is 10.1. The molecule has 0 bridgehead atoms. The van der Waals surface area contributed by atoms with E-state index in [9.17, 15) is 13.2 Å². The molecule has 160 valence electrons. The highest BCUT2D eigenvalue weighted by atomic mass is 79.9. The average molecular weight is 495 g/mol. The second-order valence-electron chi connectivity index (χ2n) is 7.48. The lowest BCUT2D eigenvalue weighted by Crippen LogP contribution is -2.48. The molecular weight excluding hydrogens is 472 g/mol. The molecule has 2 aromatic carbocycles. The van der Waals surface area contributed by atoms with Crippen LogP contribution >= 0.6 is 15.9 Å². The molecule has 2 aromatic rings. The van der Waals surface area contributed by atoms with Crippen molar-refractivity contribution in [3.05, 3.63) is 46.4 Å². The summed E-state index contributed by atoms with van der Waals surface area (Å²) in [6.45, 7) is 3.42. The number of hydrogen-bond acceptors (Lipinski definition) is 5. The topological polar surface area (TPSA) is 84.9 Å². The van der Waals surface area contributed by atoms with E-state index in [1.165, 1.54) is 18.2 Å². The Balaban J connectivity index is 1.49. The molecule has 1 unspecified atom stereocenters. The van der Waals surface area contributed by atoms with Crippen molar-refractivity contribution in [2.45, 2.75) is 37.2 Å². The molecular formula is C21H23BrN2O5S. The van der Waals surface area contributed by atoms with Gasteiger partial charge in [0.15, 0.2) is 11.5 Å². The van der Waals surface area contributed by atoms with Gasteiger partial charge >= 0.3 is 0 Å². The Morgan fingerprint density at radius 2 is 1.87 bits per heavy atom. The third kappa shape index (κ3) is 4.41. The second-order valence-corrected chi connectivity index (χ2v) is 10.0. The van der Waals surface area contributed by atoms with E-state index in [-0.39, 0.29) is 17.4 Å². The maximum absolute atomic E-state index is 12.8. The van der Waals surface area contributed by atoms with Crippen molar-refractivity contribution >= 4 is 37.5 Å². The van der Waals surface area contributed by atoms with Crippen molar-refractivity contribution in [2.24, 2.45) is 0 Å². The molecule has 1 N–H and O–H groups in total. The Bertz CT molecular complexity index is 1070. The van der Waals surface area contributed by atoms with Gasteiger partial charge in [-0.1, -0.05) is 15.9 Å². The molecule has 0 aliphatic carbocycles. The number of ether oxygens (including phenoxy) is 2. The van der Waals surface area contributed by atoms with Crippen LogP contribution in [0.25, 0.3) is 0 Å². The van der Waals surface area contributed by atoms with Gasteiger partial charge in [-0.05, 0) is 62.1 Å². The van der Waals surface area contributed by atoms with Gasteiger partial charge in [-0.15, -0.1) is 0 Å². The lowest BCUT2D eigenvalue weighted by molar-refractivity contribution is -0.142. The summed E-state index contributed by atoms with van der Waals surface area (Å²) in [6.07, 6.45) is 2.44. The van der Waals surface area contributed by atoms with Crippen molar-refractivity contribution in [1.82, 2.24) is 4.90 Å². The van der Waals surface area contributed by atoms with Crippen LogP contribution in [0.4, 0.5) is 5.69 Å². The molecule has 1 fully saturated rings. The smallest absolute Gasteiger partial charge is 0.267 e. The zero-order valence-corrected chi connectivity index (χ0v) is 19.0. The van der Waals surface area contributed by atoms with Crippen molar-refractivity contribution in [1.29, 1.82) is 0 Å². The van der Waals surface area contributed by atoms with Gasteiger partial charge in [-0.3, -0.25) is 9.52 Å². The molecule has 2 aliphatic heterocycles. The molecule has 4 rings (SSSR count). The maximum atomic E-state index is 12.8. The van der Waals surface area contributed by atoms with Crippen LogP contribution in [0.2, 0.25) is 0 Å². The summed E-state index contributed by atoms with van der Waals surface area (Å²) in [6, 6.07) is 9.62. The molecule has 2 heterocycles. The third-order valence-corrected chi connectivity index (χ3v) is 7.51. The number of piperidine rings is 1. The molecule has 1 amide bonds. The van der Waals surface area contributed by atoms with Gasteiger partial charge in [0.1, 0.15) is 6.61 Å². The number of halogens is 1. The van der Waals surface area contributed by atoms with Crippen molar-refractivity contribution in [3.8, 4) is 11.5 Å². The average Bonchev–Trinajstić information content (AvgIpc) is 2.75. The quantitative estimate of drug-likeness (QED) is 0.699. The molecule has 0 aromatic heterocycles. The minimum absolute atomic E-state index is 0.0607. The van der Waals surface area contributed by atoms with Crippen molar-refractivity contribution < 1.29 is 22.7 Å². The Labute approximate surface area is 184 Å². The summed E-state index contributed by atoms with van der Waals surface area (Å²) in [4.78, 5) is 14.5. The molecule has 0 radical (unpaired) electrons. The predicted molar refractivity (Wildman–Crippen MR) is 116 cm³/mol. The number of rotatable bonds is 4. The first-order valence-corrected chi connectivity index (χ1v) is 12.1. The lowest BCUT2D eigenvalue weighted by Gasteiger charge is -2.32. The number of likely N-dealkylation sites (tertiary alicyclic amines) is 1. The van der Waals surface area contributed by atoms with Gasteiger partial charge in [-0.25, -0.2) is 8.42 Å². The normalized spacial score (nSPS) is 18.7. The fourth-order valence-corrected chi connectivity index (χ4v) is 4.89. The van der Waals surface area contributed by atoms with E-state index >= 15 is 0 Å². The number of aryl methyl sites for hydroxylation is 1. The highest BCUT2D eigenvalue weighted by molar-refractivity contribution is 9.10. The van der Waals surface area contributed by atoms with Gasteiger partial charge in [0.05, 0.1) is 4.90 Å². The Morgan fingerprint density at radius 1 is 1.10 bits per heavy atom. The van der Waals surface area contributed by atoms with Gasteiger partial charge < -0.3 is 14.4 Å². The first-order valence-electron chi connectivity index (χ1n) is 9.85. The number of benzene rings is 2. The van der Waals surface area contributed by atoms with Crippen LogP contribution in [0.15, 0.2) is 45.8 Å². The molecule has 2 aliphatic rings. The SMILES string of the molecule is Cc1cc(NS(=O)(=O)c2ccc3c(c2)OCC(C(=O)N2CCCCC2)O3)ccc1Br. The van der Waals surface area contributed by atoms with E-state index in [4.69, 9.17) is 9.47 Å². The van der Waals surface area contributed by atoms with E-state index in [1.807, 2.05) is 11.8 Å². The first-order chi connectivity index (χ1) is 14.3. The van der Waals surface area contributed by atoms with Crippen LogP contribution < -0.4 is 14.2 Å². The molecule has 9 heteroatoms. The number of carbonyl (C=O) groups is 1. The summed E-state index contributed by atoms with van der Waals surface area (Å²) in [5, 5.41) is 0. The largest absolute Gasteiger partial charge is 0.485 e. The van der Waals surface area contributed by atoms with E-state index in [0.717, 1.165) is 42.4 Å². The highest BCUT2D eigenvalue weighted by Gasteiger charge is 2.32. The summed E-state index contributed by atoms with van der Waals surface area (Å²) in [5.74, 6) is 0.604. The number of fused-ring (bicyclic) bond motifs is 1. The first kappa shape index (κ1) is 21.0. The maximum Gasteiger partial charge on any atom is 0.267 e. The minimum atomic E-state index is -3.80. The molecule has 0 saturated carbocycles. The number of nitrogens with zero attached hydrogens (tertiary/aromatic N) is 1. The molecule has 1 atom stereocenters. The van der Waals surface area contributed by atoms with E-state index in [0.29, 0.717) is 17.2 Å². The number of sulfonamides is 1. The zero-order chi connectivity index (χ0) is 21.3. The third-order valence-electron chi connectivity index (χ3n) is 5.24. The molecule has 1 saturated heterocycles. The van der Waals surface area contributed by atoms with E-state index in [1.54, 1.807) is 18.2 Å². The monoisotopic (exact) mass is 494 g/mol. The molecule has 7 nitrogen and oxygen atoms in total. The van der Waals surface area contributed by atoms with Gasteiger partial charge in [-0.2, -0.15) is 0 Å². The van der Waals surface area contributed by atoms with Gasteiger partial charge in [0.25, 0.3) is 15.9 Å². The van der Waals surface area contributed by atoms with E-state index < -0.39 is 16.1 Å². The van der Waals surface area contributed by atoms with Crippen LogP contribution in [0.5, 0.6) is 11.5 Å². The number of hydrogen-bond donors (Lipinski definition) is 1. The summed E-state index contributed by atoms with van der Waals surface area (Å²) in [7, 11) is -3.80. The number of anilines is 1. The van der Waals surface area contributed by atoms with Crippen LogP contribution in [-0.4, -0.2) is 45.0 Å². The van der Waals surface area contributed by atoms with Crippen LogP contribution in [0, 0.1) is 6.92 Å². The molecule has 30 heavy (non-hydrogen) atoms. The number of amides is 1. The Kier molecular flexibility index (Phi) is 5.92. The van der Waals surface area contributed by atoms with Crippen LogP contribution in [-0.2, 0) is 14.8 Å². The fourth-order valence-electron chi connectivity index (χ4n) is 3.58. The molecule has 0 spiro atoms. The summed E-state index contributed by atoms with van der Waals surface area (Å²) in [5.41, 5.74) is 1.39. The Morgan fingerprint density at radius 3 is 2.60 bits per heavy atom. The standard InChI is InChI=1S/C21H23BrN2O5S/c1-14-11-15(5-7-17(14)22)23-30(26,27)16-6-8-18-19(12-16)28-13-20(29-18)21(25)24-9-3-2-4-10-24/h5-8,11-12,20,23H,2-4,9-10,13H2,1H3. The predicted octanol–water partition coefficient (Wildman–Crippen LogP) is 3.71.